The maximum Gasteiger partial charge on any atom is 0.134 e. The lowest BCUT2D eigenvalue weighted by molar-refractivity contribution is -0.00957. The molecule has 4 unspecified atom stereocenters. The fourth-order valence-corrected chi connectivity index (χ4v) is 5.95. The van der Waals surface area contributed by atoms with E-state index in [0.29, 0.717) is 29.9 Å². The predicted octanol–water partition coefficient (Wildman–Crippen LogP) is 8.37. The van der Waals surface area contributed by atoms with Crippen LogP contribution in [0.15, 0.2) is 42.5 Å². The molecular weight excluding hydrogens is 421 g/mol. The van der Waals surface area contributed by atoms with Gasteiger partial charge in [-0.15, -0.1) is 0 Å². The number of hydrogen-bond acceptors (Lipinski definition) is 1. The van der Waals surface area contributed by atoms with Crippen molar-refractivity contribution in [1.82, 2.24) is 0 Å². The first-order valence-corrected chi connectivity index (χ1v) is 12.5. The quantitative estimate of drug-likeness (QED) is 0.380. The SMILES string of the molecule is C/C=C/CCc1ccc(-c2c(F)cc(C3CCC4CC(OCC)CCC4C3)cc2F)cc1F. The molecule has 1 nitrogen and oxygen atoms in total. The Morgan fingerprint density at radius 3 is 2.33 bits per heavy atom. The lowest BCUT2D eigenvalue weighted by Crippen LogP contribution is -2.33. The highest BCUT2D eigenvalue weighted by Gasteiger charge is 2.36. The van der Waals surface area contributed by atoms with Gasteiger partial charge in [0.2, 0.25) is 0 Å². The van der Waals surface area contributed by atoms with Crippen molar-refractivity contribution in [2.75, 3.05) is 6.61 Å². The van der Waals surface area contributed by atoms with Gasteiger partial charge in [-0.1, -0.05) is 24.3 Å². The average molecular weight is 457 g/mol. The molecular formula is C29H35F3O. The molecule has 0 spiro atoms. The molecule has 4 rings (SSSR count). The lowest BCUT2D eigenvalue weighted by atomic mass is 9.65. The van der Waals surface area contributed by atoms with Crippen molar-refractivity contribution in [1.29, 1.82) is 0 Å². The molecule has 0 bridgehead atoms. The Hall–Kier alpha value is -2.07. The molecule has 4 heteroatoms. The molecule has 0 amide bonds. The third-order valence-electron chi connectivity index (χ3n) is 7.66. The Balaban J connectivity index is 1.49. The Kier molecular flexibility index (Phi) is 7.95. The van der Waals surface area contributed by atoms with Crippen LogP contribution in [-0.2, 0) is 11.2 Å². The maximum absolute atomic E-state index is 15.1. The summed E-state index contributed by atoms with van der Waals surface area (Å²) < 4.78 is 50.6. The summed E-state index contributed by atoms with van der Waals surface area (Å²) in [5.41, 5.74) is 1.41. The summed E-state index contributed by atoms with van der Waals surface area (Å²) in [4.78, 5) is 0. The molecule has 2 fully saturated rings. The Morgan fingerprint density at radius 1 is 0.909 bits per heavy atom. The van der Waals surface area contributed by atoms with Gasteiger partial charge in [-0.2, -0.15) is 0 Å². The second-order valence-corrected chi connectivity index (χ2v) is 9.69. The van der Waals surface area contributed by atoms with E-state index in [0.717, 1.165) is 57.1 Å². The van der Waals surface area contributed by atoms with Gasteiger partial charge in [0, 0.05) is 6.61 Å². The normalized spacial score (nSPS) is 25.4. The lowest BCUT2D eigenvalue weighted by Gasteiger charge is -2.42. The van der Waals surface area contributed by atoms with Gasteiger partial charge >= 0.3 is 0 Å². The minimum absolute atomic E-state index is 0.136. The van der Waals surface area contributed by atoms with Crippen LogP contribution in [0.4, 0.5) is 13.2 Å². The second kappa shape index (κ2) is 10.9. The predicted molar refractivity (Wildman–Crippen MR) is 128 cm³/mol. The van der Waals surface area contributed by atoms with Crippen molar-refractivity contribution in [3.63, 3.8) is 0 Å². The van der Waals surface area contributed by atoms with E-state index in [1.165, 1.54) is 18.2 Å². The van der Waals surface area contributed by atoms with E-state index in [9.17, 15) is 4.39 Å². The topological polar surface area (TPSA) is 9.23 Å². The van der Waals surface area contributed by atoms with Crippen LogP contribution in [0, 0.1) is 29.3 Å². The van der Waals surface area contributed by atoms with Crippen LogP contribution in [0.25, 0.3) is 11.1 Å². The Morgan fingerprint density at radius 2 is 1.64 bits per heavy atom. The van der Waals surface area contributed by atoms with E-state index in [-0.39, 0.29) is 17.0 Å². The first-order chi connectivity index (χ1) is 16.0. The number of hydrogen-bond donors (Lipinski definition) is 0. The monoisotopic (exact) mass is 456 g/mol. The van der Waals surface area contributed by atoms with Crippen LogP contribution in [-0.4, -0.2) is 12.7 Å². The van der Waals surface area contributed by atoms with Gasteiger partial charge < -0.3 is 4.74 Å². The molecule has 178 valence electrons. The minimum Gasteiger partial charge on any atom is -0.378 e. The van der Waals surface area contributed by atoms with Gasteiger partial charge in [-0.05, 0) is 118 Å². The summed E-state index contributed by atoms with van der Waals surface area (Å²) in [6.07, 6.45) is 11.9. The molecule has 4 atom stereocenters. The fourth-order valence-electron chi connectivity index (χ4n) is 5.95. The molecule has 0 heterocycles. The zero-order chi connectivity index (χ0) is 23.4. The molecule has 0 saturated heterocycles. The van der Waals surface area contributed by atoms with E-state index in [2.05, 4.69) is 0 Å². The van der Waals surface area contributed by atoms with Crippen molar-refractivity contribution in [2.45, 2.75) is 77.2 Å². The Labute approximate surface area is 196 Å². The Bertz CT molecular complexity index is 960. The summed E-state index contributed by atoms with van der Waals surface area (Å²) in [7, 11) is 0. The number of benzene rings is 2. The highest BCUT2D eigenvalue weighted by atomic mass is 19.1. The molecule has 0 N–H and O–H groups in total. The summed E-state index contributed by atoms with van der Waals surface area (Å²) in [6, 6.07) is 7.48. The van der Waals surface area contributed by atoms with Crippen LogP contribution in [0.1, 0.15) is 75.8 Å². The molecule has 2 saturated carbocycles. The largest absolute Gasteiger partial charge is 0.378 e. The van der Waals surface area contributed by atoms with Crippen molar-refractivity contribution >= 4 is 0 Å². The molecule has 33 heavy (non-hydrogen) atoms. The summed E-state index contributed by atoms with van der Waals surface area (Å²) in [5, 5.41) is 0. The first-order valence-electron chi connectivity index (χ1n) is 12.5. The van der Waals surface area contributed by atoms with Crippen LogP contribution in [0.3, 0.4) is 0 Å². The molecule has 0 aromatic heterocycles. The zero-order valence-electron chi connectivity index (χ0n) is 19.8. The van der Waals surface area contributed by atoms with Gasteiger partial charge in [0.05, 0.1) is 11.7 Å². The van der Waals surface area contributed by atoms with Crippen LogP contribution in [0.2, 0.25) is 0 Å². The number of aryl methyl sites for hydroxylation is 1. The van der Waals surface area contributed by atoms with E-state index < -0.39 is 17.5 Å². The van der Waals surface area contributed by atoms with E-state index in [1.54, 1.807) is 12.1 Å². The standard InChI is InChI=1S/C29H35F3O/c1-3-5-6-7-19-8-11-23(16-26(19)30)29-27(31)17-24(18-28(29)32)21-9-10-22-15-25(33-4-2)13-12-20(22)14-21/h3,5,8,11,16-18,20-22,25H,4,6-7,9-10,12-15H2,1-2H3/b5-3+. The third-order valence-corrected chi connectivity index (χ3v) is 7.66. The van der Waals surface area contributed by atoms with Crippen LogP contribution >= 0.6 is 0 Å². The molecule has 2 aliphatic carbocycles. The molecule has 0 radical (unpaired) electrons. The van der Waals surface area contributed by atoms with Gasteiger partial charge in [-0.3, -0.25) is 0 Å². The second-order valence-electron chi connectivity index (χ2n) is 9.69. The average Bonchev–Trinajstić information content (AvgIpc) is 2.80. The van der Waals surface area contributed by atoms with E-state index in [1.807, 2.05) is 26.0 Å². The zero-order valence-corrected chi connectivity index (χ0v) is 19.8. The van der Waals surface area contributed by atoms with E-state index >= 15 is 8.78 Å². The number of allylic oxidation sites excluding steroid dienone is 2. The van der Waals surface area contributed by atoms with Gasteiger partial charge in [-0.25, -0.2) is 13.2 Å². The van der Waals surface area contributed by atoms with Crippen molar-refractivity contribution in [3.05, 3.63) is 71.1 Å². The fraction of sp³-hybridized carbons (Fsp3) is 0.517. The van der Waals surface area contributed by atoms with Gasteiger partial charge in [0.15, 0.2) is 0 Å². The smallest absolute Gasteiger partial charge is 0.134 e. The summed E-state index contributed by atoms with van der Waals surface area (Å²) in [6.45, 7) is 4.73. The number of ether oxygens (including phenoxy) is 1. The summed E-state index contributed by atoms with van der Waals surface area (Å²) in [5.74, 6) is -0.175. The highest BCUT2D eigenvalue weighted by molar-refractivity contribution is 5.66. The van der Waals surface area contributed by atoms with Gasteiger partial charge in [0.1, 0.15) is 17.5 Å². The van der Waals surface area contributed by atoms with Gasteiger partial charge in [0.25, 0.3) is 0 Å². The van der Waals surface area contributed by atoms with Crippen LogP contribution < -0.4 is 0 Å². The number of halogens is 3. The van der Waals surface area contributed by atoms with Crippen molar-refractivity contribution in [2.24, 2.45) is 11.8 Å². The molecule has 0 aliphatic heterocycles. The van der Waals surface area contributed by atoms with Crippen molar-refractivity contribution < 1.29 is 17.9 Å². The highest BCUT2D eigenvalue weighted by Crippen LogP contribution is 2.47. The minimum atomic E-state index is -0.603. The molecule has 2 aromatic carbocycles. The number of fused-ring (bicyclic) bond motifs is 1. The molecule has 2 aromatic rings. The first kappa shape index (κ1) is 24.1. The van der Waals surface area contributed by atoms with E-state index in [4.69, 9.17) is 4.74 Å². The summed E-state index contributed by atoms with van der Waals surface area (Å²) >= 11 is 0. The van der Waals surface area contributed by atoms with Crippen molar-refractivity contribution in [3.8, 4) is 11.1 Å². The third kappa shape index (κ3) is 5.54. The molecule has 2 aliphatic rings. The van der Waals surface area contributed by atoms with Crippen LogP contribution in [0.5, 0.6) is 0 Å². The number of rotatable bonds is 7. The maximum atomic E-state index is 15.1.